The van der Waals surface area contributed by atoms with Gasteiger partial charge in [-0.25, -0.2) is 4.79 Å². The molecular weight excluding hydrogens is 192 g/mol. The van der Waals surface area contributed by atoms with Crippen molar-refractivity contribution in [3.8, 4) is 6.07 Å². The van der Waals surface area contributed by atoms with Crippen LogP contribution in [-0.2, 0) is 11.2 Å². The van der Waals surface area contributed by atoms with E-state index in [1.165, 1.54) is 0 Å². The van der Waals surface area contributed by atoms with Crippen LogP contribution in [-0.4, -0.2) is 12.7 Å². The summed E-state index contributed by atoms with van der Waals surface area (Å²) in [5, 5.41) is 11.2. The zero-order chi connectivity index (χ0) is 11.1. The van der Waals surface area contributed by atoms with Crippen LogP contribution in [0.15, 0.2) is 24.3 Å². The molecule has 15 heavy (non-hydrogen) atoms. The van der Waals surface area contributed by atoms with Gasteiger partial charge in [0.15, 0.2) is 0 Å². The second-order valence-corrected chi connectivity index (χ2v) is 2.84. The summed E-state index contributed by atoms with van der Waals surface area (Å²) in [7, 11) is 0. The molecule has 0 unspecified atom stereocenters. The van der Waals surface area contributed by atoms with Crippen LogP contribution in [0.1, 0.15) is 12.5 Å². The summed E-state index contributed by atoms with van der Waals surface area (Å²) in [4.78, 5) is 11.2. The molecule has 0 aliphatic rings. The lowest BCUT2D eigenvalue weighted by Crippen LogP contribution is -2.14. The molecule has 1 aromatic carbocycles. The predicted octanol–water partition coefficient (Wildman–Crippen LogP) is 2.32. The summed E-state index contributed by atoms with van der Waals surface area (Å²) in [6.07, 6.45) is -0.231. The van der Waals surface area contributed by atoms with Gasteiger partial charge in [0.1, 0.15) is 0 Å². The molecule has 0 aliphatic heterocycles. The Labute approximate surface area is 88.5 Å². The van der Waals surface area contributed by atoms with Gasteiger partial charge < -0.3 is 4.74 Å². The highest BCUT2D eigenvalue weighted by molar-refractivity contribution is 5.85. The zero-order valence-corrected chi connectivity index (χ0v) is 8.49. The maximum Gasteiger partial charge on any atom is 0.411 e. The minimum Gasteiger partial charge on any atom is -0.450 e. The van der Waals surface area contributed by atoms with Crippen molar-refractivity contribution in [2.45, 2.75) is 13.3 Å². The monoisotopic (exact) mass is 204 g/mol. The van der Waals surface area contributed by atoms with Crippen molar-refractivity contribution in [3.05, 3.63) is 29.8 Å². The summed E-state index contributed by atoms with van der Waals surface area (Å²) in [6.45, 7) is 2.06. The maximum absolute atomic E-state index is 11.2. The van der Waals surface area contributed by atoms with Gasteiger partial charge in [-0.05, 0) is 18.6 Å². The minimum atomic E-state index is -0.497. The van der Waals surface area contributed by atoms with Crippen molar-refractivity contribution in [1.82, 2.24) is 0 Å². The summed E-state index contributed by atoms with van der Waals surface area (Å²) in [5.74, 6) is 0. The smallest absolute Gasteiger partial charge is 0.411 e. The fraction of sp³-hybridized carbons (Fsp3) is 0.273. The number of rotatable bonds is 3. The summed E-state index contributed by atoms with van der Waals surface area (Å²) >= 11 is 0. The van der Waals surface area contributed by atoms with Crippen molar-refractivity contribution in [3.63, 3.8) is 0 Å². The average molecular weight is 204 g/mol. The lowest BCUT2D eigenvalue weighted by atomic mass is 10.1. The summed E-state index contributed by atoms with van der Waals surface area (Å²) in [6, 6.07) is 9.19. The molecule has 0 spiro atoms. The van der Waals surface area contributed by atoms with E-state index in [9.17, 15) is 4.79 Å². The van der Waals surface area contributed by atoms with Gasteiger partial charge in [-0.3, -0.25) is 5.32 Å². The van der Waals surface area contributed by atoms with E-state index in [4.69, 9.17) is 10.00 Å². The van der Waals surface area contributed by atoms with Crippen molar-refractivity contribution in [1.29, 1.82) is 5.26 Å². The van der Waals surface area contributed by atoms with Crippen molar-refractivity contribution >= 4 is 11.8 Å². The van der Waals surface area contributed by atoms with E-state index in [1.54, 1.807) is 25.1 Å². The molecule has 1 aromatic rings. The van der Waals surface area contributed by atoms with Gasteiger partial charge >= 0.3 is 6.09 Å². The van der Waals surface area contributed by atoms with E-state index in [0.29, 0.717) is 12.3 Å². The molecular formula is C11H12N2O2. The van der Waals surface area contributed by atoms with Crippen molar-refractivity contribution in [2.75, 3.05) is 11.9 Å². The average Bonchev–Trinajstić information content (AvgIpc) is 2.21. The fourth-order valence-electron chi connectivity index (χ4n) is 1.16. The van der Waals surface area contributed by atoms with Crippen LogP contribution in [0, 0.1) is 11.3 Å². The largest absolute Gasteiger partial charge is 0.450 e. The number of nitrogens with one attached hydrogen (secondary N) is 1. The zero-order valence-electron chi connectivity index (χ0n) is 8.49. The molecule has 4 nitrogen and oxygen atoms in total. The molecule has 78 valence electrons. The molecule has 0 bridgehead atoms. The van der Waals surface area contributed by atoms with E-state index < -0.39 is 6.09 Å². The highest BCUT2D eigenvalue weighted by atomic mass is 16.5. The van der Waals surface area contributed by atoms with Crippen LogP contribution in [0.5, 0.6) is 0 Å². The van der Waals surface area contributed by atoms with E-state index in [-0.39, 0.29) is 6.42 Å². The standard InChI is InChI=1S/C11H12N2O2/c1-2-15-11(14)13-10-6-4-3-5-9(10)7-8-12/h3-6H,2,7H2,1H3,(H,13,14). The van der Waals surface area contributed by atoms with Gasteiger partial charge in [-0.2, -0.15) is 5.26 Å². The highest BCUT2D eigenvalue weighted by Gasteiger charge is 2.05. The first-order valence-electron chi connectivity index (χ1n) is 4.66. The molecule has 0 aromatic heterocycles. The third-order valence-corrected chi connectivity index (χ3v) is 1.80. The molecule has 0 atom stereocenters. The molecule has 0 saturated carbocycles. The molecule has 0 saturated heterocycles. The van der Waals surface area contributed by atoms with Crippen LogP contribution in [0.25, 0.3) is 0 Å². The fourth-order valence-corrected chi connectivity index (χ4v) is 1.16. The SMILES string of the molecule is CCOC(=O)Nc1ccccc1CC#N. The Bertz CT molecular complexity index is 382. The van der Waals surface area contributed by atoms with Crippen LogP contribution in [0.4, 0.5) is 10.5 Å². The van der Waals surface area contributed by atoms with Crippen molar-refractivity contribution in [2.24, 2.45) is 0 Å². The lowest BCUT2D eigenvalue weighted by molar-refractivity contribution is 0.168. The van der Waals surface area contributed by atoms with Gasteiger partial charge in [0.25, 0.3) is 0 Å². The third-order valence-electron chi connectivity index (χ3n) is 1.80. The quantitative estimate of drug-likeness (QED) is 0.821. The van der Waals surface area contributed by atoms with E-state index in [0.717, 1.165) is 5.56 Å². The maximum atomic E-state index is 11.2. The predicted molar refractivity (Wildman–Crippen MR) is 56.4 cm³/mol. The molecule has 0 aliphatic carbocycles. The van der Waals surface area contributed by atoms with Gasteiger partial charge in [-0.15, -0.1) is 0 Å². The summed E-state index contributed by atoms with van der Waals surface area (Å²) in [5.41, 5.74) is 1.41. The second kappa shape index (κ2) is 5.66. The van der Waals surface area contributed by atoms with Gasteiger partial charge in [0, 0.05) is 5.69 Å². The molecule has 4 heteroatoms. The number of nitrogens with zero attached hydrogens (tertiary/aromatic N) is 1. The number of para-hydroxylation sites is 1. The number of hydrogen-bond donors (Lipinski definition) is 1. The Morgan fingerprint density at radius 3 is 2.93 bits per heavy atom. The van der Waals surface area contributed by atoms with Crippen molar-refractivity contribution < 1.29 is 9.53 Å². The number of benzene rings is 1. The van der Waals surface area contributed by atoms with Crippen LogP contribution in [0.3, 0.4) is 0 Å². The van der Waals surface area contributed by atoms with E-state index >= 15 is 0 Å². The Balaban J connectivity index is 2.76. The normalized spacial score (nSPS) is 9.07. The molecule has 0 heterocycles. The third kappa shape index (κ3) is 3.31. The highest BCUT2D eigenvalue weighted by Crippen LogP contribution is 2.15. The topological polar surface area (TPSA) is 62.1 Å². The number of anilines is 1. The first-order valence-corrected chi connectivity index (χ1v) is 4.66. The number of hydrogen-bond acceptors (Lipinski definition) is 3. The Hall–Kier alpha value is -2.02. The number of carbonyl (C=O) groups excluding carboxylic acids is 1. The molecule has 1 amide bonds. The minimum absolute atomic E-state index is 0.266. The number of amides is 1. The Kier molecular flexibility index (Phi) is 4.17. The van der Waals surface area contributed by atoms with Gasteiger partial charge in [0.05, 0.1) is 19.1 Å². The van der Waals surface area contributed by atoms with E-state index in [2.05, 4.69) is 5.32 Å². The van der Waals surface area contributed by atoms with Crippen LogP contribution in [0.2, 0.25) is 0 Å². The first-order chi connectivity index (χ1) is 7.27. The van der Waals surface area contributed by atoms with E-state index in [1.807, 2.05) is 12.1 Å². The molecule has 0 fully saturated rings. The molecule has 0 radical (unpaired) electrons. The Morgan fingerprint density at radius 2 is 2.27 bits per heavy atom. The van der Waals surface area contributed by atoms with Crippen LogP contribution < -0.4 is 5.32 Å². The number of ether oxygens (including phenoxy) is 1. The number of nitriles is 1. The van der Waals surface area contributed by atoms with Gasteiger partial charge in [-0.1, -0.05) is 18.2 Å². The molecule has 1 rings (SSSR count). The molecule has 1 N–H and O–H groups in total. The second-order valence-electron chi connectivity index (χ2n) is 2.84. The number of carbonyl (C=O) groups is 1. The Morgan fingerprint density at radius 1 is 1.53 bits per heavy atom. The van der Waals surface area contributed by atoms with Gasteiger partial charge in [0.2, 0.25) is 0 Å². The first kappa shape index (κ1) is 11.1. The van der Waals surface area contributed by atoms with Crippen LogP contribution >= 0.6 is 0 Å². The lowest BCUT2D eigenvalue weighted by Gasteiger charge is -2.08. The summed E-state index contributed by atoms with van der Waals surface area (Å²) < 4.78 is 4.75.